The smallest absolute Gasteiger partial charge is 0.0546 e. The summed E-state index contributed by atoms with van der Waals surface area (Å²) in [5, 5.41) is 9.90. The van der Waals surface area contributed by atoms with Crippen LogP contribution in [-0.2, 0) is 0 Å². The van der Waals surface area contributed by atoms with Crippen molar-refractivity contribution in [2.75, 3.05) is 14.7 Å². The summed E-state index contributed by atoms with van der Waals surface area (Å²) in [5.41, 5.74) is 19.4. The molecule has 0 aromatic heterocycles. The maximum absolute atomic E-state index is 2.38. The third kappa shape index (κ3) is 9.80. The quantitative estimate of drug-likeness (QED) is 0.107. The molecule has 0 N–H and O–H groups in total. The summed E-state index contributed by atoms with van der Waals surface area (Å²) in [7, 11) is 0. The van der Waals surface area contributed by atoms with Gasteiger partial charge in [0.15, 0.2) is 0 Å². The van der Waals surface area contributed by atoms with E-state index in [1.807, 2.05) is 0 Å². The first-order valence-corrected chi connectivity index (χ1v) is 29.1. The van der Waals surface area contributed by atoms with E-state index in [-0.39, 0.29) is 0 Å². The van der Waals surface area contributed by atoms with Gasteiger partial charge in [-0.25, -0.2) is 0 Å². The summed E-state index contributed by atoms with van der Waals surface area (Å²) in [6.45, 7) is 0. The molecule has 0 spiro atoms. The van der Waals surface area contributed by atoms with Gasteiger partial charge in [-0.1, -0.05) is 249 Å². The molecular weight excluding hydrogens is 1030 g/mol. The van der Waals surface area contributed by atoms with Crippen LogP contribution < -0.4 is 14.7 Å². The van der Waals surface area contributed by atoms with Gasteiger partial charge in [0.2, 0.25) is 0 Å². The highest BCUT2D eigenvalue weighted by Gasteiger charge is 2.20. The highest BCUT2D eigenvalue weighted by Crippen LogP contribution is 2.45. The minimum Gasteiger partial charge on any atom is -0.311 e. The number of para-hydroxylation sites is 3. The summed E-state index contributed by atoms with van der Waals surface area (Å²) in [4.78, 5) is 7.10. The SMILES string of the molecule is c1ccc(N(c2ccc(-c3ccc(-c4ccc(N(c5ccccc5)c5cc6ccccc6c6ccccc56)cc4)cc3)cc2)c2ccc(-c3ccc(-c4ccc(N(c5ccccc5)c5cc6ccccc6c6ccccc56)cc4)cc3)cc2)cc1. The van der Waals surface area contributed by atoms with Crippen LogP contribution in [-0.4, -0.2) is 0 Å². The predicted octanol–water partition coefficient (Wildman–Crippen LogP) is 23.4. The molecule has 400 valence electrons. The lowest BCUT2D eigenvalue weighted by atomic mass is 9.98. The molecule has 15 aromatic carbocycles. The molecule has 0 saturated heterocycles. The van der Waals surface area contributed by atoms with Crippen LogP contribution in [0.1, 0.15) is 0 Å². The van der Waals surface area contributed by atoms with E-state index in [2.05, 4.69) is 360 Å². The Morgan fingerprint density at radius 2 is 0.341 bits per heavy atom. The van der Waals surface area contributed by atoms with Crippen molar-refractivity contribution in [2.45, 2.75) is 0 Å². The molecule has 0 aliphatic carbocycles. The van der Waals surface area contributed by atoms with Crippen LogP contribution in [0.2, 0.25) is 0 Å². The lowest BCUT2D eigenvalue weighted by Gasteiger charge is -2.27. The van der Waals surface area contributed by atoms with Crippen molar-refractivity contribution in [3.63, 3.8) is 0 Å². The molecule has 0 radical (unpaired) electrons. The minimum absolute atomic E-state index is 1.09. The molecule has 3 heteroatoms. The monoisotopic (exact) mass is 1080 g/mol. The Morgan fingerprint density at radius 3 is 0.635 bits per heavy atom. The Kier molecular flexibility index (Phi) is 13.3. The fourth-order valence-electron chi connectivity index (χ4n) is 12.4. The van der Waals surface area contributed by atoms with Crippen molar-refractivity contribution >= 4 is 94.3 Å². The molecule has 3 nitrogen and oxygen atoms in total. The van der Waals surface area contributed by atoms with E-state index in [0.29, 0.717) is 0 Å². The number of nitrogens with zero attached hydrogens (tertiary/aromatic N) is 3. The van der Waals surface area contributed by atoms with Gasteiger partial charge in [-0.3, -0.25) is 0 Å². The number of hydrogen-bond acceptors (Lipinski definition) is 3. The second-order valence-electron chi connectivity index (χ2n) is 21.7. The molecule has 15 rings (SSSR count). The predicted molar refractivity (Wildman–Crippen MR) is 362 cm³/mol. The number of fused-ring (bicyclic) bond motifs is 6. The zero-order valence-corrected chi connectivity index (χ0v) is 46.8. The van der Waals surface area contributed by atoms with Crippen LogP contribution in [0, 0.1) is 0 Å². The van der Waals surface area contributed by atoms with Crippen LogP contribution in [0.5, 0.6) is 0 Å². The average Bonchev–Trinajstić information content (AvgIpc) is 3.41. The summed E-state index contributed by atoms with van der Waals surface area (Å²) >= 11 is 0. The van der Waals surface area contributed by atoms with Gasteiger partial charge in [-0.05, 0) is 174 Å². The van der Waals surface area contributed by atoms with Gasteiger partial charge in [-0.2, -0.15) is 0 Å². The Morgan fingerprint density at radius 1 is 0.141 bits per heavy atom. The first-order chi connectivity index (χ1) is 42.1. The van der Waals surface area contributed by atoms with Gasteiger partial charge in [0.25, 0.3) is 0 Å². The van der Waals surface area contributed by atoms with E-state index in [1.54, 1.807) is 0 Å². The Labute approximate surface area is 496 Å². The zero-order valence-electron chi connectivity index (χ0n) is 46.8. The van der Waals surface area contributed by atoms with Gasteiger partial charge in [0.1, 0.15) is 0 Å². The van der Waals surface area contributed by atoms with Crippen molar-refractivity contribution in [3.05, 3.63) is 346 Å². The van der Waals surface area contributed by atoms with Crippen LogP contribution in [0.4, 0.5) is 51.2 Å². The van der Waals surface area contributed by atoms with Crippen molar-refractivity contribution in [3.8, 4) is 44.5 Å². The van der Waals surface area contributed by atoms with Crippen LogP contribution in [0.15, 0.2) is 346 Å². The standard InChI is InChI=1S/C82H57N3/c1-4-20-68(21-5-1)83(71-48-40-62(41-49-71)58-32-36-60(37-33-58)64-44-52-73(53-45-64)84(69-22-6-2-7-23-69)81-56-66-18-10-12-26-75(66)77-28-14-16-30-79(77)81)72-50-42-63(43-51-72)59-34-38-61(39-35-59)65-46-54-74(55-47-65)85(70-24-8-3-9-25-70)82-57-67-19-11-13-27-76(67)78-29-15-17-31-80(78)82/h1-57H. The first-order valence-electron chi connectivity index (χ1n) is 29.1. The molecule has 0 aliphatic heterocycles. The second kappa shape index (κ2) is 22.2. The molecule has 0 saturated carbocycles. The van der Waals surface area contributed by atoms with Crippen molar-refractivity contribution in [1.82, 2.24) is 0 Å². The highest BCUT2D eigenvalue weighted by atomic mass is 15.2. The third-order valence-corrected chi connectivity index (χ3v) is 16.6. The van der Waals surface area contributed by atoms with Gasteiger partial charge >= 0.3 is 0 Å². The molecule has 0 heterocycles. The van der Waals surface area contributed by atoms with E-state index in [0.717, 1.165) is 51.2 Å². The summed E-state index contributed by atoms with van der Waals surface area (Å²) in [5.74, 6) is 0. The largest absolute Gasteiger partial charge is 0.311 e. The molecule has 0 unspecified atom stereocenters. The summed E-state index contributed by atoms with van der Waals surface area (Å²) < 4.78 is 0. The van der Waals surface area contributed by atoms with Crippen LogP contribution >= 0.6 is 0 Å². The Balaban J connectivity index is 0.658. The lowest BCUT2D eigenvalue weighted by molar-refractivity contribution is 1.28. The second-order valence-corrected chi connectivity index (χ2v) is 21.7. The fraction of sp³-hybridized carbons (Fsp3) is 0. The van der Waals surface area contributed by atoms with Gasteiger partial charge in [0.05, 0.1) is 11.4 Å². The number of rotatable bonds is 13. The highest BCUT2D eigenvalue weighted by molar-refractivity contribution is 6.16. The van der Waals surface area contributed by atoms with Crippen LogP contribution in [0.3, 0.4) is 0 Å². The number of anilines is 9. The zero-order chi connectivity index (χ0) is 56.5. The number of benzene rings is 15. The van der Waals surface area contributed by atoms with E-state index < -0.39 is 0 Å². The molecule has 0 amide bonds. The molecule has 0 atom stereocenters. The molecular formula is C82H57N3. The van der Waals surface area contributed by atoms with E-state index in [1.165, 1.54) is 87.6 Å². The average molecular weight is 1080 g/mol. The maximum Gasteiger partial charge on any atom is 0.0546 e. The van der Waals surface area contributed by atoms with Crippen LogP contribution in [0.25, 0.3) is 87.6 Å². The molecule has 0 aliphatic rings. The molecule has 0 bridgehead atoms. The Bertz CT molecular complexity index is 4520. The van der Waals surface area contributed by atoms with Gasteiger partial charge in [0, 0.05) is 50.6 Å². The summed E-state index contributed by atoms with van der Waals surface area (Å²) in [6.07, 6.45) is 0. The molecule has 85 heavy (non-hydrogen) atoms. The maximum atomic E-state index is 2.38. The topological polar surface area (TPSA) is 9.72 Å². The van der Waals surface area contributed by atoms with E-state index in [4.69, 9.17) is 0 Å². The van der Waals surface area contributed by atoms with E-state index in [9.17, 15) is 0 Å². The summed E-state index contributed by atoms with van der Waals surface area (Å²) in [6, 6.07) is 125. The van der Waals surface area contributed by atoms with Crippen molar-refractivity contribution in [1.29, 1.82) is 0 Å². The lowest BCUT2D eigenvalue weighted by Crippen LogP contribution is -2.10. The molecule has 0 fully saturated rings. The normalized spacial score (nSPS) is 11.3. The Hall–Kier alpha value is -11.3. The first kappa shape index (κ1) is 50.7. The van der Waals surface area contributed by atoms with Crippen molar-refractivity contribution in [2.24, 2.45) is 0 Å². The van der Waals surface area contributed by atoms with E-state index >= 15 is 0 Å². The number of hydrogen-bond donors (Lipinski definition) is 0. The fourth-order valence-corrected chi connectivity index (χ4v) is 12.4. The van der Waals surface area contributed by atoms with Crippen molar-refractivity contribution < 1.29 is 0 Å². The third-order valence-electron chi connectivity index (χ3n) is 16.6. The van der Waals surface area contributed by atoms with Gasteiger partial charge < -0.3 is 14.7 Å². The molecule has 15 aromatic rings. The van der Waals surface area contributed by atoms with Gasteiger partial charge in [-0.15, -0.1) is 0 Å². The minimum atomic E-state index is 1.09.